The molecule has 3 heterocycles. The van der Waals surface area contributed by atoms with E-state index in [4.69, 9.17) is 4.52 Å². The summed E-state index contributed by atoms with van der Waals surface area (Å²) in [5.41, 5.74) is 1.60. The molecular formula is C18H12F2N6O2. The molecule has 3 aromatic heterocycles. The Labute approximate surface area is 156 Å². The van der Waals surface area contributed by atoms with Gasteiger partial charge in [0.25, 0.3) is 0 Å². The minimum atomic E-state index is -0.888. The van der Waals surface area contributed by atoms with Gasteiger partial charge < -0.3 is 4.52 Å². The van der Waals surface area contributed by atoms with E-state index in [9.17, 15) is 13.7 Å². The van der Waals surface area contributed by atoms with Crippen LogP contribution in [0.5, 0.6) is 0 Å². The molecule has 0 aliphatic heterocycles. The van der Waals surface area contributed by atoms with Crippen molar-refractivity contribution < 1.29 is 13.3 Å². The van der Waals surface area contributed by atoms with Gasteiger partial charge in [0.15, 0.2) is 11.6 Å². The third-order valence-corrected chi connectivity index (χ3v) is 4.07. The second-order valence-corrected chi connectivity index (χ2v) is 5.91. The largest absolute Gasteiger partial charge is 0.364 e. The van der Waals surface area contributed by atoms with Gasteiger partial charge >= 0.3 is 0 Å². The van der Waals surface area contributed by atoms with Gasteiger partial charge in [0.05, 0.1) is 17.9 Å². The molecule has 4 aromatic rings. The van der Waals surface area contributed by atoms with E-state index in [0.29, 0.717) is 17.0 Å². The number of aryl methyl sites for hydroxylation is 1. The van der Waals surface area contributed by atoms with Crippen LogP contribution in [0, 0.1) is 23.5 Å². The molecule has 0 amide bonds. The van der Waals surface area contributed by atoms with Crippen LogP contribution in [0.25, 0.3) is 22.9 Å². The average Bonchev–Trinajstić information content (AvgIpc) is 3.35. The third-order valence-electron chi connectivity index (χ3n) is 4.07. The maximum atomic E-state index is 14.1. The van der Waals surface area contributed by atoms with Gasteiger partial charge in [0.2, 0.25) is 5.82 Å². The minimum Gasteiger partial charge on any atom is -0.364 e. The second kappa shape index (κ2) is 7.06. The third kappa shape index (κ3) is 3.15. The molecule has 0 unspecified atom stereocenters. The Hall–Kier alpha value is -3.82. The van der Waals surface area contributed by atoms with E-state index >= 15 is 0 Å². The van der Waals surface area contributed by atoms with Gasteiger partial charge in [0.1, 0.15) is 23.5 Å². The van der Waals surface area contributed by atoms with Crippen LogP contribution in [-0.2, 0) is 6.54 Å². The predicted molar refractivity (Wildman–Crippen MR) is 94.4 cm³/mol. The van der Waals surface area contributed by atoms with Crippen LogP contribution in [0.3, 0.4) is 0 Å². The zero-order valence-electron chi connectivity index (χ0n) is 14.5. The number of nitrogens with zero attached hydrogens (tertiary/aromatic N) is 6. The van der Waals surface area contributed by atoms with E-state index in [1.54, 1.807) is 30.3 Å². The van der Waals surface area contributed by atoms with Crippen LogP contribution >= 0.6 is 0 Å². The SMILES string of the molecule is Cc1nc(-c2cc(-c3ccon3)n(Cc3ccccc3F)n2)nc(N=O)c1F. The Bertz CT molecular complexity index is 1160. The zero-order valence-corrected chi connectivity index (χ0v) is 14.5. The fourth-order valence-corrected chi connectivity index (χ4v) is 2.70. The van der Waals surface area contributed by atoms with Crippen molar-refractivity contribution in [3.8, 4) is 22.9 Å². The Morgan fingerprint density at radius 3 is 2.68 bits per heavy atom. The number of nitroso groups, excluding NO2 is 1. The molecule has 0 atom stereocenters. The molecule has 0 aliphatic rings. The summed E-state index contributed by atoms with van der Waals surface area (Å²) < 4.78 is 34.3. The second-order valence-electron chi connectivity index (χ2n) is 5.91. The normalized spacial score (nSPS) is 11.0. The molecule has 0 saturated carbocycles. The van der Waals surface area contributed by atoms with Crippen molar-refractivity contribution in [3.05, 3.63) is 70.5 Å². The highest BCUT2D eigenvalue weighted by Crippen LogP contribution is 2.27. The number of hydrogen-bond donors (Lipinski definition) is 0. The van der Waals surface area contributed by atoms with E-state index < -0.39 is 11.6 Å². The number of hydrogen-bond acceptors (Lipinski definition) is 7. The standard InChI is InChI=1S/C18H12F2N6O2/c1-10-16(20)18(24-27)22-17(21-10)14-8-15(13-6-7-28-25-13)26(23-14)9-11-4-2-3-5-12(11)19/h2-8H,9H2,1H3. The molecule has 0 aliphatic carbocycles. The van der Waals surface area contributed by atoms with Crippen molar-refractivity contribution in [2.75, 3.05) is 0 Å². The summed E-state index contributed by atoms with van der Waals surface area (Å²) in [4.78, 5) is 18.7. The summed E-state index contributed by atoms with van der Waals surface area (Å²) in [6, 6.07) is 9.51. The maximum Gasteiger partial charge on any atom is 0.236 e. The molecule has 28 heavy (non-hydrogen) atoms. The lowest BCUT2D eigenvalue weighted by atomic mass is 10.2. The first-order valence-corrected chi connectivity index (χ1v) is 8.16. The van der Waals surface area contributed by atoms with Gasteiger partial charge in [0, 0.05) is 11.6 Å². The van der Waals surface area contributed by atoms with Crippen LogP contribution in [0.4, 0.5) is 14.6 Å². The van der Waals surface area contributed by atoms with Crippen LogP contribution < -0.4 is 0 Å². The maximum absolute atomic E-state index is 14.1. The first-order valence-electron chi connectivity index (χ1n) is 8.16. The summed E-state index contributed by atoms with van der Waals surface area (Å²) in [5, 5.41) is 10.9. The number of benzene rings is 1. The summed E-state index contributed by atoms with van der Waals surface area (Å²) in [7, 11) is 0. The van der Waals surface area contributed by atoms with Crippen molar-refractivity contribution in [1.82, 2.24) is 24.9 Å². The highest BCUT2D eigenvalue weighted by Gasteiger charge is 2.19. The smallest absolute Gasteiger partial charge is 0.236 e. The molecule has 0 fully saturated rings. The monoisotopic (exact) mass is 382 g/mol. The van der Waals surface area contributed by atoms with Crippen LogP contribution in [0.2, 0.25) is 0 Å². The zero-order chi connectivity index (χ0) is 19.7. The first kappa shape index (κ1) is 17.6. The van der Waals surface area contributed by atoms with Crippen molar-refractivity contribution >= 4 is 5.82 Å². The summed E-state index contributed by atoms with van der Waals surface area (Å²) in [6.45, 7) is 1.50. The van der Waals surface area contributed by atoms with E-state index in [1.807, 2.05) is 0 Å². The molecule has 0 saturated heterocycles. The molecular weight excluding hydrogens is 370 g/mol. The topological polar surface area (TPSA) is 99.1 Å². The van der Waals surface area contributed by atoms with Crippen LogP contribution in [0.1, 0.15) is 11.3 Å². The van der Waals surface area contributed by atoms with Gasteiger partial charge in [-0.25, -0.2) is 18.7 Å². The van der Waals surface area contributed by atoms with E-state index in [0.717, 1.165) is 0 Å². The number of aromatic nitrogens is 5. The summed E-state index contributed by atoms with van der Waals surface area (Å²) in [5.74, 6) is -1.85. The first-order chi connectivity index (χ1) is 13.6. The number of rotatable bonds is 5. The highest BCUT2D eigenvalue weighted by atomic mass is 19.1. The molecule has 1 aromatic carbocycles. The summed E-state index contributed by atoms with van der Waals surface area (Å²) >= 11 is 0. The molecule has 140 valence electrons. The number of halogens is 2. The Morgan fingerprint density at radius 2 is 1.96 bits per heavy atom. The minimum absolute atomic E-state index is 0.0190. The highest BCUT2D eigenvalue weighted by molar-refractivity contribution is 5.63. The van der Waals surface area contributed by atoms with Crippen molar-refractivity contribution in [3.63, 3.8) is 0 Å². The van der Waals surface area contributed by atoms with Gasteiger partial charge in [-0.2, -0.15) is 5.10 Å². The van der Waals surface area contributed by atoms with Gasteiger partial charge in [-0.1, -0.05) is 23.4 Å². The summed E-state index contributed by atoms with van der Waals surface area (Å²) in [6.07, 6.45) is 1.39. The molecule has 10 heteroatoms. The van der Waals surface area contributed by atoms with Gasteiger partial charge in [-0.05, 0) is 24.2 Å². The molecule has 0 spiro atoms. The molecule has 0 bridgehead atoms. The molecule has 8 nitrogen and oxygen atoms in total. The van der Waals surface area contributed by atoms with Crippen LogP contribution in [-0.4, -0.2) is 24.9 Å². The molecule has 0 N–H and O–H groups in total. The Kier molecular flexibility index (Phi) is 4.44. The van der Waals surface area contributed by atoms with Crippen molar-refractivity contribution in [2.24, 2.45) is 5.18 Å². The Balaban J connectivity index is 1.84. The van der Waals surface area contributed by atoms with Gasteiger partial charge in [-0.15, -0.1) is 4.91 Å². The lowest BCUT2D eigenvalue weighted by Gasteiger charge is -2.06. The van der Waals surface area contributed by atoms with Crippen molar-refractivity contribution in [1.29, 1.82) is 0 Å². The van der Waals surface area contributed by atoms with Crippen molar-refractivity contribution in [2.45, 2.75) is 13.5 Å². The van der Waals surface area contributed by atoms with E-state index in [2.05, 4.69) is 25.4 Å². The fraction of sp³-hybridized carbons (Fsp3) is 0.111. The fourth-order valence-electron chi connectivity index (χ4n) is 2.70. The quantitative estimate of drug-likeness (QED) is 0.483. The van der Waals surface area contributed by atoms with E-state index in [1.165, 1.54) is 23.9 Å². The Morgan fingerprint density at radius 1 is 1.14 bits per heavy atom. The van der Waals surface area contributed by atoms with Crippen LogP contribution in [0.15, 0.2) is 52.4 Å². The average molecular weight is 382 g/mol. The lowest BCUT2D eigenvalue weighted by Crippen LogP contribution is -2.06. The molecule has 4 rings (SSSR count). The van der Waals surface area contributed by atoms with E-state index in [-0.39, 0.29) is 29.6 Å². The van der Waals surface area contributed by atoms with Gasteiger partial charge in [-0.3, -0.25) is 4.68 Å². The molecule has 0 radical (unpaired) electrons. The lowest BCUT2D eigenvalue weighted by molar-refractivity contribution is 0.421. The predicted octanol–water partition coefficient (Wildman–Crippen LogP) is 4.03.